The summed E-state index contributed by atoms with van der Waals surface area (Å²) in [6, 6.07) is 6.58. The van der Waals surface area contributed by atoms with Crippen LogP contribution in [0.3, 0.4) is 0 Å². The quantitative estimate of drug-likeness (QED) is 0.377. The summed E-state index contributed by atoms with van der Waals surface area (Å²) in [6.07, 6.45) is 3.10. The predicted molar refractivity (Wildman–Crippen MR) is 107 cm³/mol. The fraction of sp³-hybridized carbons (Fsp3) is 0.632. The smallest absolute Gasteiger partial charge is 0.269 e. The van der Waals surface area contributed by atoms with Crippen LogP contribution in [0.5, 0.6) is 0 Å². The summed E-state index contributed by atoms with van der Waals surface area (Å²) in [7, 11) is 0. The van der Waals surface area contributed by atoms with Crippen molar-refractivity contribution in [3.63, 3.8) is 0 Å². The van der Waals surface area contributed by atoms with E-state index in [0.29, 0.717) is 19.6 Å². The van der Waals surface area contributed by atoms with Crippen molar-refractivity contribution in [1.29, 1.82) is 0 Å². The van der Waals surface area contributed by atoms with Crippen LogP contribution < -0.4 is 11.1 Å². The summed E-state index contributed by atoms with van der Waals surface area (Å²) in [5.41, 5.74) is 6.23. The molecule has 0 aliphatic heterocycles. The zero-order valence-corrected chi connectivity index (χ0v) is 17.0. The first-order valence-electron chi connectivity index (χ1n) is 9.14. The van der Waals surface area contributed by atoms with Crippen molar-refractivity contribution in [2.45, 2.75) is 58.1 Å². The number of non-ortho nitro benzene ring substituents is 1. The normalized spacial score (nSPS) is 23.0. The number of aryl methyl sites for hydroxylation is 1. The molecule has 152 valence electrons. The van der Waals surface area contributed by atoms with Crippen LogP contribution in [-0.2, 0) is 16.0 Å². The van der Waals surface area contributed by atoms with Gasteiger partial charge in [-0.05, 0) is 31.7 Å². The number of nitrogens with one attached hydrogen (secondary N) is 1. The third kappa shape index (κ3) is 4.97. The Morgan fingerprint density at radius 2 is 1.96 bits per heavy atom. The molecule has 2 rings (SSSR count). The number of nitro groups is 1. The Morgan fingerprint density at radius 3 is 2.48 bits per heavy atom. The minimum absolute atomic E-state index is 0. The second-order valence-electron chi connectivity index (χ2n) is 7.48. The van der Waals surface area contributed by atoms with Gasteiger partial charge in [-0.1, -0.05) is 26.0 Å². The number of hydrogen-bond donors (Lipinski definition) is 2. The van der Waals surface area contributed by atoms with Crippen molar-refractivity contribution in [2.24, 2.45) is 11.1 Å². The lowest BCUT2D eigenvalue weighted by Gasteiger charge is -2.57. The molecule has 1 fully saturated rings. The monoisotopic (exact) mass is 399 g/mol. The van der Waals surface area contributed by atoms with Crippen LogP contribution in [0, 0.1) is 15.5 Å². The number of benzene rings is 1. The van der Waals surface area contributed by atoms with Crippen LogP contribution in [0.1, 0.15) is 45.6 Å². The SMILES string of the molecule is CCOC1CC(N)(C(=O)NCCCCc2ccc([N+](=O)[O-])cc2)C1(C)C.Cl. The molecule has 1 aliphatic rings. The molecule has 27 heavy (non-hydrogen) atoms. The molecular weight excluding hydrogens is 370 g/mol. The van der Waals surface area contributed by atoms with Crippen molar-refractivity contribution < 1.29 is 14.5 Å². The summed E-state index contributed by atoms with van der Waals surface area (Å²) in [5, 5.41) is 13.6. The van der Waals surface area contributed by atoms with Crippen LogP contribution in [0.2, 0.25) is 0 Å². The van der Waals surface area contributed by atoms with E-state index < -0.39 is 10.5 Å². The molecule has 0 radical (unpaired) electrons. The van der Waals surface area contributed by atoms with Gasteiger partial charge in [0.1, 0.15) is 5.54 Å². The Morgan fingerprint density at radius 1 is 1.33 bits per heavy atom. The second-order valence-corrected chi connectivity index (χ2v) is 7.48. The Balaban J connectivity index is 0.00000364. The molecule has 0 spiro atoms. The molecule has 0 heterocycles. The van der Waals surface area contributed by atoms with E-state index in [4.69, 9.17) is 10.5 Å². The van der Waals surface area contributed by atoms with Crippen LogP contribution in [0.4, 0.5) is 5.69 Å². The van der Waals surface area contributed by atoms with E-state index in [1.807, 2.05) is 20.8 Å². The largest absolute Gasteiger partial charge is 0.378 e. The lowest BCUT2D eigenvalue weighted by atomic mass is 9.54. The topological polar surface area (TPSA) is 107 Å². The number of nitrogens with zero attached hydrogens (tertiary/aromatic N) is 1. The summed E-state index contributed by atoms with van der Waals surface area (Å²) in [4.78, 5) is 22.7. The molecule has 7 nitrogen and oxygen atoms in total. The molecule has 0 bridgehead atoms. The maximum Gasteiger partial charge on any atom is 0.269 e. The number of rotatable bonds is 9. The number of nitrogens with two attached hydrogens (primary N) is 1. The van der Waals surface area contributed by atoms with E-state index in [9.17, 15) is 14.9 Å². The first-order valence-corrected chi connectivity index (χ1v) is 9.14. The van der Waals surface area contributed by atoms with Gasteiger partial charge in [0, 0.05) is 37.1 Å². The fourth-order valence-electron chi connectivity index (χ4n) is 3.42. The van der Waals surface area contributed by atoms with Crippen molar-refractivity contribution in [3.8, 4) is 0 Å². The molecule has 0 aromatic heterocycles. The maximum absolute atomic E-state index is 12.5. The molecule has 1 amide bonds. The molecular formula is C19H30ClN3O4. The Kier molecular flexibility index (Phi) is 8.20. The van der Waals surface area contributed by atoms with Crippen LogP contribution in [-0.4, -0.2) is 35.6 Å². The van der Waals surface area contributed by atoms with E-state index in [-0.39, 0.29) is 35.5 Å². The molecule has 0 saturated heterocycles. The number of hydrogen-bond acceptors (Lipinski definition) is 5. The van der Waals surface area contributed by atoms with Gasteiger partial charge in [-0.2, -0.15) is 0 Å². The molecule has 2 unspecified atom stereocenters. The van der Waals surface area contributed by atoms with Crippen molar-refractivity contribution in [3.05, 3.63) is 39.9 Å². The third-order valence-corrected chi connectivity index (χ3v) is 5.56. The first-order chi connectivity index (χ1) is 12.2. The van der Waals surface area contributed by atoms with Gasteiger partial charge in [-0.15, -0.1) is 12.4 Å². The average molecular weight is 400 g/mol. The molecule has 2 atom stereocenters. The molecule has 1 aliphatic carbocycles. The van der Waals surface area contributed by atoms with Gasteiger partial charge in [0.25, 0.3) is 5.69 Å². The molecule has 1 saturated carbocycles. The lowest BCUT2D eigenvalue weighted by Crippen LogP contribution is -2.75. The van der Waals surface area contributed by atoms with Gasteiger partial charge >= 0.3 is 0 Å². The molecule has 8 heteroatoms. The van der Waals surface area contributed by atoms with Gasteiger partial charge in [-0.25, -0.2) is 0 Å². The summed E-state index contributed by atoms with van der Waals surface area (Å²) < 4.78 is 5.65. The summed E-state index contributed by atoms with van der Waals surface area (Å²) in [5.74, 6) is -0.117. The van der Waals surface area contributed by atoms with Crippen molar-refractivity contribution in [1.82, 2.24) is 5.32 Å². The highest BCUT2D eigenvalue weighted by molar-refractivity contribution is 5.88. The second kappa shape index (κ2) is 9.48. The highest BCUT2D eigenvalue weighted by Crippen LogP contribution is 2.49. The number of unbranched alkanes of at least 4 members (excludes halogenated alkanes) is 1. The minimum atomic E-state index is -0.884. The first kappa shape index (κ1) is 23.3. The van der Waals surface area contributed by atoms with Crippen LogP contribution in [0.25, 0.3) is 0 Å². The molecule has 3 N–H and O–H groups in total. The van der Waals surface area contributed by atoms with Crippen molar-refractivity contribution >= 4 is 24.0 Å². The zero-order valence-electron chi connectivity index (χ0n) is 16.2. The van der Waals surface area contributed by atoms with E-state index in [2.05, 4.69) is 5.32 Å². The fourth-order valence-corrected chi connectivity index (χ4v) is 3.42. The minimum Gasteiger partial charge on any atom is -0.378 e. The van der Waals surface area contributed by atoms with Gasteiger partial charge in [0.15, 0.2) is 0 Å². The highest BCUT2D eigenvalue weighted by atomic mass is 35.5. The lowest BCUT2D eigenvalue weighted by molar-refractivity contribution is -0.384. The van der Waals surface area contributed by atoms with E-state index in [1.54, 1.807) is 12.1 Å². The van der Waals surface area contributed by atoms with Gasteiger partial charge in [-0.3, -0.25) is 14.9 Å². The number of carbonyl (C=O) groups excluding carboxylic acids is 1. The number of nitro benzene ring substituents is 1. The zero-order chi connectivity index (χ0) is 19.4. The van der Waals surface area contributed by atoms with Gasteiger partial charge < -0.3 is 15.8 Å². The van der Waals surface area contributed by atoms with Crippen LogP contribution in [0.15, 0.2) is 24.3 Å². The van der Waals surface area contributed by atoms with Gasteiger partial charge in [0.2, 0.25) is 5.91 Å². The Labute approximate surface area is 166 Å². The number of carbonyl (C=O) groups is 1. The average Bonchev–Trinajstić information content (AvgIpc) is 2.61. The van der Waals surface area contributed by atoms with E-state index in [1.165, 1.54) is 12.1 Å². The maximum atomic E-state index is 12.5. The standard InChI is InChI=1S/C19H29N3O4.ClH/c1-4-26-16-13-19(20,18(16,2)3)17(23)21-12-6-5-7-14-8-10-15(11-9-14)22(24)25;/h8-11,16H,4-7,12-13,20H2,1-3H3,(H,21,23);1H. The van der Waals surface area contributed by atoms with E-state index >= 15 is 0 Å². The predicted octanol–water partition coefficient (Wildman–Crippen LogP) is 2.99. The Bertz CT molecular complexity index is 651. The third-order valence-electron chi connectivity index (χ3n) is 5.56. The highest BCUT2D eigenvalue weighted by Gasteiger charge is 2.62. The number of ether oxygens (including phenoxy) is 1. The van der Waals surface area contributed by atoms with Crippen molar-refractivity contribution in [2.75, 3.05) is 13.2 Å². The van der Waals surface area contributed by atoms with Gasteiger partial charge in [0.05, 0.1) is 11.0 Å². The summed E-state index contributed by atoms with van der Waals surface area (Å²) >= 11 is 0. The van der Waals surface area contributed by atoms with Crippen LogP contribution >= 0.6 is 12.4 Å². The number of halogens is 1. The van der Waals surface area contributed by atoms with E-state index in [0.717, 1.165) is 24.8 Å². The number of amides is 1. The summed E-state index contributed by atoms with van der Waals surface area (Å²) in [6.45, 7) is 7.09. The molecule has 1 aromatic carbocycles. The molecule has 1 aromatic rings. The Hall–Kier alpha value is -1.70.